The minimum absolute atomic E-state index is 0.0821. The number of likely N-dealkylation sites (tertiary alicyclic amines) is 1. The molecule has 0 spiro atoms. The number of fused-ring (bicyclic) bond motifs is 1. The molecule has 6 nitrogen and oxygen atoms in total. The second kappa shape index (κ2) is 6.97. The number of benzene rings is 1. The smallest absolute Gasteiger partial charge is 0.230 e. The number of rotatable bonds is 3. The summed E-state index contributed by atoms with van der Waals surface area (Å²) in [5.74, 6) is 1.09. The van der Waals surface area contributed by atoms with E-state index in [0.717, 1.165) is 10.4 Å². The van der Waals surface area contributed by atoms with Gasteiger partial charge in [0.1, 0.15) is 11.6 Å². The third-order valence-electron chi connectivity index (χ3n) is 5.37. The average Bonchev–Trinajstić information content (AvgIpc) is 3.14. The molecule has 1 N–H and O–H groups in total. The first-order valence-corrected chi connectivity index (χ1v) is 10.5. The maximum atomic E-state index is 11.8. The lowest BCUT2D eigenvalue weighted by Gasteiger charge is -2.34. The Kier molecular flexibility index (Phi) is 4.75. The topological polar surface area (TPSA) is 70.7 Å². The van der Waals surface area contributed by atoms with Crippen molar-refractivity contribution in [3.63, 3.8) is 0 Å². The molecular weight excluding hydrogens is 372 g/mol. The number of Topliss-reactive ketones (excluding diaryl/α,β-unsaturated/α-hetero) is 1. The van der Waals surface area contributed by atoms with Gasteiger partial charge < -0.3 is 5.11 Å². The third kappa shape index (κ3) is 3.44. The van der Waals surface area contributed by atoms with Gasteiger partial charge in [-0.15, -0.1) is 5.10 Å². The number of aromatic hydroxyl groups is 1. The van der Waals surface area contributed by atoms with Gasteiger partial charge in [0.25, 0.3) is 0 Å². The summed E-state index contributed by atoms with van der Waals surface area (Å²) >= 11 is 1.46. The van der Waals surface area contributed by atoms with E-state index in [1.54, 1.807) is 0 Å². The molecule has 7 heteroatoms. The Morgan fingerprint density at radius 2 is 1.79 bits per heavy atom. The molecule has 1 saturated heterocycles. The molecule has 4 rings (SSSR count). The standard InChI is InChI=1S/C21H26N4O2S/c1-13-22-20-25(23-13)19(27)18(28-20)17(24-11-9-16(26)10-12-24)14-5-7-15(8-6-14)21(2,3)4/h5-8,17,27H,9-12H2,1-4H3. The number of carbonyl (C=O) groups is 1. The minimum Gasteiger partial charge on any atom is -0.492 e. The number of carbonyl (C=O) groups excluding carboxylic acids is 1. The fourth-order valence-electron chi connectivity index (χ4n) is 3.75. The number of hydrogen-bond donors (Lipinski definition) is 1. The van der Waals surface area contributed by atoms with Gasteiger partial charge in [0.2, 0.25) is 10.8 Å². The second-order valence-corrected chi connectivity index (χ2v) is 9.50. The molecule has 0 aliphatic carbocycles. The SMILES string of the molecule is Cc1nc2sc(C(c3ccc(C(C)(C)C)cc3)N3CCC(=O)CC3)c(O)n2n1. The monoisotopic (exact) mass is 398 g/mol. The van der Waals surface area contributed by atoms with E-state index >= 15 is 0 Å². The largest absolute Gasteiger partial charge is 0.492 e. The fourth-order valence-corrected chi connectivity index (χ4v) is 4.91. The van der Waals surface area contributed by atoms with Crippen molar-refractivity contribution in [1.82, 2.24) is 19.5 Å². The van der Waals surface area contributed by atoms with Crippen molar-refractivity contribution >= 4 is 22.1 Å². The predicted molar refractivity (Wildman–Crippen MR) is 110 cm³/mol. The molecule has 3 aromatic rings. The first-order chi connectivity index (χ1) is 13.2. The third-order valence-corrected chi connectivity index (χ3v) is 6.44. The van der Waals surface area contributed by atoms with Crippen LogP contribution in [0.1, 0.15) is 61.5 Å². The quantitative estimate of drug-likeness (QED) is 0.725. The molecule has 0 saturated carbocycles. The van der Waals surface area contributed by atoms with Gasteiger partial charge in [-0.1, -0.05) is 56.4 Å². The molecule has 0 bridgehead atoms. The van der Waals surface area contributed by atoms with Crippen molar-refractivity contribution in [1.29, 1.82) is 0 Å². The van der Waals surface area contributed by atoms with Crippen LogP contribution in [0.3, 0.4) is 0 Å². The number of aryl methyl sites for hydroxylation is 1. The van der Waals surface area contributed by atoms with Crippen LogP contribution in [-0.2, 0) is 10.2 Å². The lowest BCUT2D eigenvalue weighted by molar-refractivity contribution is -0.121. The summed E-state index contributed by atoms with van der Waals surface area (Å²) in [6.45, 7) is 9.79. The Morgan fingerprint density at radius 3 is 2.36 bits per heavy atom. The summed E-state index contributed by atoms with van der Waals surface area (Å²) in [5, 5.41) is 15.2. The van der Waals surface area contributed by atoms with E-state index in [9.17, 15) is 9.90 Å². The molecule has 0 amide bonds. The van der Waals surface area contributed by atoms with E-state index in [4.69, 9.17) is 0 Å². The highest BCUT2D eigenvalue weighted by atomic mass is 32.1. The molecule has 148 valence electrons. The Hall–Kier alpha value is -2.25. The van der Waals surface area contributed by atoms with Crippen molar-refractivity contribution < 1.29 is 9.90 Å². The molecule has 3 heterocycles. The van der Waals surface area contributed by atoms with Crippen molar-refractivity contribution in [3.05, 3.63) is 46.1 Å². The normalized spacial score (nSPS) is 17.4. The molecule has 2 aromatic heterocycles. The number of nitrogens with zero attached hydrogens (tertiary/aromatic N) is 4. The predicted octanol–water partition coefficient (Wildman–Crippen LogP) is 3.86. The van der Waals surface area contributed by atoms with E-state index in [1.165, 1.54) is 21.4 Å². The first-order valence-electron chi connectivity index (χ1n) is 9.65. The van der Waals surface area contributed by atoms with Crippen LogP contribution in [-0.4, -0.2) is 43.5 Å². The van der Waals surface area contributed by atoms with Crippen molar-refractivity contribution in [2.24, 2.45) is 0 Å². The highest BCUT2D eigenvalue weighted by Crippen LogP contribution is 2.41. The van der Waals surface area contributed by atoms with Gasteiger partial charge in [0, 0.05) is 25.9 Å². The lowest BCUT2D eigenvalue weighted by atomic mass is 9.86. The van der Waals surface area contributed by atoms with Crippen LogP contribution in [0, 0.1) is 6.92 Å². The molecular formula is C21H26N4O2S. The number of aromatic nitrogens is 3. The Labute approximate surface area is 168 Å². The van der Waals surface area contributed by atoms with Crippen molar-refractivity contribution in [2.75, 3.05) is 13.1 Å². The average molecular weight is 399 g/mol. The summed E-state index contributed by atoms with van der Waals surface area (Å²) in [4.78, 5) is 20.0. The summed E-state index contributed by atoms with van der Waals surface area (Å²) in [6, 6.07) is 8.49. The number of thiazole rings is 1. The van der Waals surface area contributed by atoms with Crippen LogP contribution in [0.5, 0.6) is 5.88 Å². The van der Waals surface area contributed by atoms with Crippen LogP contribution in [0.4, 0.5) is 0 Å². The zero-order valence-corrected chi connectivity index (χ0v) is 17.6. The first kappa shape index (κ1) is 19.1. The molecule has 1 aromatic carbocycles. The molecule has 1 unspecified atom stereocenters. The van der Waals surface area contributed by atoms with Crippen LogP contribution in [0.2, 0.25) is 0 Å². The maximum Gasteiger partial charge on any atom is 0.230 e. The van der Waals surface area contributed by atoms with E-state index in [2.05, 4.69) is 60.0 Å². The fraction of sp³-hybridized carbons (Fsp3) is 0.476. The zero-order valence-electron chi connectivity index (χ0n) is 16.8. The number of hydrogen-bond acceptors (Lipinski definition) is 6. The molecule has 1 aliphatic rings. The van der Waals surface area contributed by atoms with Crippen LogP contribution in [0.15, 0.2) is 24.3 Å². The Bertz CT molecular complexity index is 1000. The number of piperidine rings is 1. The second-order valence-electron chi connectivity index (χ2n) is 8.49. The van der Waals surface area contributed by atoms with E-state index in [0.29, 0.717) is 42.5 Å². The highest BCUT2D eigenvalue weighted by molar-refractivity contribution is 7.17. The lowest BCUT2D eigenvalue weighted by Crippen LogP contribution is -2.37. The summed E-state index contributed by atoms with van der Waals surface area (Å²) in [5.41, 5.74) is 2.46. The molecule has 0 radical (unpaired) electrons. The summed E-state index contributed by atoms with van der Waals surface area (Å²) in [7, 11) is 0. The van der Waals surface area contributed by atoms with E-state index in [1.807, 2.05) is 6.92 Å². The van der Waals surface area contributed by atoms with E-state index < -0.39 is 0 Å². The van der Waals surface area contributed by atoms with Crippen LogP contribution >= 0.6 is 11.3 Å². The molecule has 1 aliphatic heterocycles. The molecule has 28 heavy (non-hydrogen) atoms. The summed E-state index contributed by atoms with van der Waals surface area (Å²) in [6.07, 6.45) is 1.11. The van der Waals surface area contributed by atoms with E-state index in [-0.39, 0.29) is 17.3 Å². The Morgan fingerprint density at radius 1 is 1.14 bits per heavy atom. The maximum absolute atomic E-state index is 11.8. The summed E-state index contributed by atoms with van der Waals surface area (Å²) < 4.78 is 1.51. The number of ketones is 1. The van der Waals surface area contributed by atoms with Gasteiger partial charge in [-0.3, -0.25) is 9.69 Å². The van der Waals surface area contributed by atoms with Gasteiger partial charge >= 0.3 is 0 Å². The molecule has 1 atom stereocenters. The minimum atomic E-state index is -0.115. The van der Waals surface area contributed by atoms with Crippen molar-refractivity contribution in [2.45, 2.75) is 52.0 Å². The van der Waals surface area contributed by atoms with Gasteiger partial charge in [-0.25, -0.2) is 4.98 Å². The molecule has 1 fully saturated rings. The van der Waals surface area contributed by atoms with Gasteiger partial charge in [0.05, 0.1) is 10.9 Å². The van der Waals surface area contributed by atoms with Crippen LogP contribution < -0.4 is 0 Å². The van der Waals surface area contributed by atoms with Crippen molar-refractivity contribution in [3.8, 4) is 5.88 Å². The van der Waals surface area contributed by atoms with Gasteiger partial charge in [-0.2, -0.15) is 4.52 Å². The Balaban J connectivity index is 1.78. The zero-order chi connectivity index (χ0) is 20.1. The highest BCUT2D eigenvalue weighted by Gasteiger charge is 2.31. The van der Waals surface area contributed by atoms with Crippen LogP contribution in [0.25, 0.3) is 4.96 Å². The van der Waals surface area contributed by atoms with Gasteiger partial charge in [0.15, 0.2) is 0 Å². The van der Waals surface area contributed by atoms with Gasteiger partial charge in [-0.05, 0) is 23.5 Å².